The highest BCUT2D eigenvalue weighted by molar-refractivity contribution is 7.98. The second kappa shape index (κ2) is 7.62. The van der Waals surface area contributed by atoms with Crippen LogP contribution in [0.3, 0.4) is 0 Å². The summed E-state index contributed by atoms with van der Waals surface area (Å²) < 4.78 is 5.89. The molecule has 0 aliphatic rings. The highest BCUT2D eigenvalue weighted by atomic mass is 32.2. The zero-order chi connectivity index (χ0) is 12.7. The molecular formula is C14H23NOS. The van der Waals surface area contributed by atoms with Crippen molar-refractivity contribution >= 4 is 11.8 Å². The number of ether oxygens (including phenoxy) is 1. The maximum atomic E-state index is 5.89. The summed E-state index contributed by atoms with van der Waals surface area (Å²) in [5.74, 6) is 2.18. The van der Waals surface area contributed by atoms with Gasteiger partial charge in [-0.15, -0.1) is 0 Å². The second-order valence-corrected chi connectivity index (χ2v) is 5.23. The van der Waals surface area contributed by atoms with Crippen LogP contribution in [0.25, 0.3) is 0 Å². The average Bonchev–Trinajstić information content (AvgIpc) is 2.34. The Morgan fingerprint density at radius 3 is 2.82 bits per heavy atom. The van der Waals surface area contributed by atoms with Crippen molar-refractivity contribution in [3.63, 3.8) is 0 Å². The third-order valence-electron chi connectivity index (χ3n) is 2.82. The van der Waals surface area contributed by atoms with Gasteiger partial charge in [-0.05, 0) is 51.0 Å². The van der Waals surface area contributed by atoms with Crippen LogP contribution in [0.5, 0.6) is 5.75 Å². The molecule has 1 aromatic rings. The minimum absolute atomic E-state index is 0.325. The molecule has 1 aromatic carbocycles. The minimum Gasteiger partial charge on any atom is -0.493 e. The molecule has 96 valence electrons. The molecule has 0 aliphatic carbocycles. The van der Waals surface area contributed by atoms with E-state index >= 15 is 0 Å². The van der Waals surface area contributed by atoms with Crippen molar-refractivity contribution in [2.75, 3.05) is 25.7 Å². The van der Waals surface area contributed by atoms with Gasteiger partial charge >= 0.3 is 0 Å². The van der Waals surface area contributed by atoms with Crippen LogP contribution in [-0.2, 0) is 0 Å². The maximum Gasteiger partial charge on any atom is 0.124 e. The zero-order valence-corrected chi connectivity index (χ0v) is 12.1. The van der Waals surface area contributed by atoms with Gasteiger partial charge in [0.05, 0.1) is 6.61 Å². The molecule has 0 aliphatic heterocycles. The van der Waals surface area contributed by atoms with E-state index in [-0.39, 0.29) is 0 Å². The summed E-state index contributed by atoms with van der Waals surface area (Å²) in [6.45, 7) is 5.05. The Bertz CT molecular complexity index is 341. The zero-order valence-electron chi connectivity index (χ0n) is 11.2. The fourth-order valence-electron chi connectivity index (χ4n) is 1.67. The molecule has 2 nitrogen and oxygen atoms in total. The average molecular weight is 253 g/mol. The maximum absolute atomic E-state index is 5.89. The molecule has 0 amide bonds. The van der Waals surface area contributed by atoms with Crippen LogP contribution < -0.4 is 10.1 Å². The quantitative estimate of drug-likeness (QED) is 0.752. The van der Waals surface area contributed by atoms with Crippen molar-refractivity contribution in [2.45, 2.75) is 26.3 Å². The lowest BCUT2D eigenvalue weighted by Gasteiger charge is -2.17. The van der Waals surface area contributed by atoms with Gasteiger partial charge in [0.25, 0.3) is 0 Å². The molecule has 1 atom stereocenters. The van der Waals surface area contributed by atoms with Crippen molar-refractivity contribution in [2.24, 2.45) is 0 Å². The summed E-state index contributed by atoms with van der Waals surface area (Å²) >= 11 is 1.86. The largest absolute Gasteiger partial charge is 0.493 e. The Morgan fingerprint density at radius 2 is 2.18 bits per heavy atom. The molecule has 0 saturated carbocycles. The van der Waals surface area contributed by atoms with Crippen LogP contribution >= 0.6 is 11.8 Å². The van der Waals surface area contributed by atoms with Gasteiger partial charge in [-0.1, -0.05) is 12.1 Å². The van der Waals surface area contributed by atoms with E-state index in [0.29, 0.717) is 6.04 Å². The van der Waals surface area contributed by atoms with Gasteiger partial charge in [-0.2, -0.15) is 11.8 Å². The molecule has 0 aromatic heterocycles. The van der Waals surface area contributed by atoms with Crippen LogP contribution in [0, 0.1) is 6.92 Å². The van der Waals surface area contributed by atoms with Gasteiger partial charge in [-0.3, -0.25) is 0 Å². The van der Waals surface area contributed by atoms with Crippen molar-refractivity contribution in [3.05, 3.63) is 29.3 Å². The number of benzene rings is 1. The Morgan fingerprint density at radius 1 is 1.41 bits per heavy atom. The van der Waals surface area contributed by atoms with E-state index in [9.17, 15) is 0 Å². The number of rotatable bonds is 7. The van der Waals surface area contributed by atoms with Crippen LogP contribution in [0.2, 0.25) is 0 Å². The Labute approximate surface area is 109 Å². The molecule has 17 heavy (non-hydrogen) atoms. The molecule has 0 spiro atoms. The van der Waals surface area contributed by atoms with E-state index in [1.165, 1.54) is 11.1 Å². The lowest BCUT2D eigenvalue weighted by molar-refractivity contribution is 0.312. The number of hydrogen-bond acceptors (Lipinski definition) is 3. The van der Waals surface area contributed by atoms with E-state index in [2.05, 4.69) is 43.6 Å². The molecule has 0 fully saturated rings. The third-order valence-corrected chi connectivity index (χ3v) is 3.52. The van der Waals surface area contributed by atoms with Gasteiger partial charge in [0.15, 0.2) is 0 Å². The van der Waals surface area contributed by atoms with E-state index in [1.54, 1.807) is 0 Å². The van der Waals surface area contributed by atoms with E-state index in [4.69, 9.17) is 4.74 Å². The molecule has 3 heteroatoms. The summed E-state index contributed by atoms with van der Waals surface area (Å²) in [4.78, 5) is 0. The SMILES string of the molecule is CNC(C)c1ccc(C)cc1OCCCSC. The van der Waals surface area contributed by atoms with E-state index < -0.39 is 0 Å². The monoisotopic (exact) mass is 253 g/mol. The lowest BCUT2D eigenvalue weighted by atomic mass is 10.1. The fraction of sp³-hybridized carbons (Fsp3) is 0.571. The highest BCUT2D eigenvalue weighted by Crippen LogP contribution is 2.26. The first kappa shape index (κ1) is 14.4. The number of nitrogens with one attached hydrogen (secondary N) is 1. The summed E-state index contributed by atoms with van der Waals surface area (Å²) in [7, 11) is 1.97. The standard InChI is InChI=1S/C14H23NOS/c1-11-6-7-13(12(2)15-3)14(10-11)16-8-5-9-17-4/h6-7,10,12,15H,5,8-9H2,1-4H3. The first-order valence-electron chi connectivity index (χ1n) is 6.08. The van der Waals surface area contributed by atoms with Crippen LogP contribution in [-0.4, -0.2) is 25.7 Å². The van der Waals surface area contributed by atoms with Crippen molar-refractivity contribution in [3.8, 4) is 5.75 Å². The smallest absolute Gasteiger partial charge is 0.124 e. The van der Waals surface area contributed by atoms with Crippen LogP contribution in [0.4, 0.5) is 0 Å². The number of hydrogen-bond donors (Lipinski definition) is 1. The molecule has 0 bridgehead atoms. The van der Waals surface area contributed by atoms with E-state index in [1.807, 2.05) is 18.8 Å². The lowest BCUT2D eigenvalue weighted by Crippen LogP contribution is -2.14. The summed E-state index contributed by atoms with van der Waals surface area (Å²) in [5.41, 5.74) is 2.49. The predicted octanol–water partition coefficient (Wildman–Crippen LogP) is 3.41. The molecule has 0 radical (unpaired) electrons. The summed E-state index contributed by atoms with van der Waals surface area (Å²) in [6, 6.07) is 6.74. The molecule has 0 saturated heterocycles. The topological polar surface area (TPSA) is 21.3 Å². The van der Waals surface area contributed by atoms with Gasteiger partial charge in [0, 0.05) is 11.6 Å². The van der Waals surface area contributed by atoms with Gasteiger partial charge in [-0.25, -0.2) is 0 Å². The number of aryl methyl sites for hydroxylation is 1. The van der Waals surface area contributed by atoms with Gasteiger partial charge in [0.1, 0.15) is 5.75 Å². The summed E-state index contributed by atoms with van der Waals surface area (Å²) in [5, 5.41) is 3.26. The van der Waals surface area contributed by atoms with Crippen molar-refractivity contribution in [1.82, 2.24) is 5.32 Å². The Kier molecular flexibility index (Phi) is 6.45. The minimum atomic E-state index is 0.325. The van der Waals surface area contributed by atoms with Crippen LogP contribution in [0.15, 0.2) is 18.2 Å². The van der Waals surface area contributed by atoms with Crippen molar-refractivity contribution in [1.29, 1.82) is 0 Å². The van der Waals surface area contributed by atoms with Crippen molar-refractivity contribution < 1.29 is 4.74 Å². The highest BCUT2D eigenvalue weighted by Gasteiger charge is 2.09. The summed E-state index contributed by atoms with van der Waals surface area (Å²) in [6.07, 6.45) is 3.23. The predicted molar refractivity (Wildman–Crippen MR) is 77.1 cm³/mol. The second-order valence-electron chi connectivity index (χ2n) is 4.25. The Hall–Kier alpha value is -0.670. The molecule has 1 unspecified atom stereocenters. The van der Waals surface area contributed by atoms with E-state index in [0.717, 1.165) is 24.5 Å². The molecule has 1 rings (SSSR count). The first-order chi connectivity index (χ1) is 8.19. The van der Waals surface area contributed by atoms with Gasteiger partial charge < -0.3 is 10.1 Å². The molecule has 0 heterocycles. The van der Waals surface area contributed by atoms with Crippen LogP contribution in [0.1, 0.15) is 30.5 Å². The Balaban J connectivity index is 2.69. The fourth-order valence-corrected chi connectivity index (χ4v) is 2.07. The number of thioether (sulfide) groups is 1. The first-order valence-corrected chi connectivity index (χ1v) is 7.48. The normalized spacial score (nSPS) is 12.5. The van der Waals surface area contributed by atoms with Gasteiger partial charge in [0.2, 0.25) is 0 Å². The molecule has 1 N–H and O–H groups in total. The third kappa shape index (κ3) is 4.60. The molecular weight excluding hydrogens is 230 g/mol.